The average molecular weight is 426 g/mol. The molecule has 2 aromatic carbocycles. The number of nitro benzene ring substituents is 1. The fourth-order valence-corrected chi connectivity index (χ4v) is 2.65. The van der Waals surface area contributed by atoms with E-state index in [1.165, 1.54) is 6.07 Å². The number of hydrogen-bond donors (Lipinski definition) is 1. The number of nitro groups is 1. The third-order valence-corrected chi connectivity index (χ3v) is 4.12. The zero-order valence-electron chi connectivity index (χ0n) is 11.7. The van der Waals surface area contributed by atoms with E-state index in [1.54, 1.807) is 30.3 Å². The predicted octanol–water partition coefficient (Wildman–Crippen LogP) is 3.22. The number of carbonyl (C=O) groups is 1. The Labute approximate surface area is 144 Å². The van der Waals surface area contributed by atoms with Crippen LogP contribution in [0.1, 0.15) is 10.4 Å². The monoisotopic (exact) mass is 426 g/mol. The van der Waals surface area contributed by atoms with Gasteiger partial charge in [-0.2, -0.15) is 0 Å². The molecule has 23 heavy (non-hydrogen) atoms. The van der Waals surface area contributed by atoms with Gasteiger partial charge >= 0.3 is 0 Å². The molecule has 0 saturated heterocycles. The van der Waals surface area contributed by atoms with Gasteiger partial charge in [0.1, 0.15) is 13.2 Å². The lowest BCUT2D eigenvalue weighted by molar-refractivity contribution is -0.385. The molecule has 0 aromatic heterocycles. The molecule has 0 aliphatic carbocycles. The van der Waals surface area contributed by atoms with Crippen LogP contribution in [-0.2, 0) is 0 Å². The van der Waals surface area contributed by atoms with Gasteiger partial charge in [-0.15, -0.1) is 0 Å². The van der Waals surface area contributed by atoms with Crippen LogP contribution < -0.4 is 14.8 Å². The lowest BCUT2D eigenvalue weighted by Crippen LogP contribution is -2.17. The molecule has 0 fully saturated rings. The maximum atomic E-state index is 12.3. The molecule has 1 amide bonds. The van der Waals surface area contributed by atoms with Crippen molar-refractivity contribution in [1.29, 1.82) is 0 Å². The summed E-state index contributed by atoms with van der Waals surface area (Å²) in [7, 11) is 0. The van der Waals surface area contributed by atoms with Gasteiger partial charge in [0.05, 0.1) is 8.49 Å². The van der Waals surface area contributed by atoms with E-state index >= 15 is 0 Å². The summed E-state index contributed by atoms with van der Waals surface area (Å²) in [5.74, 6) is 0.729. The van der Waals surface area contributed by atoms with Gasteiger partial charge in [-0.1, -0.05) is 0 Å². The molecule has 0 atom stereocenters. The Bertz CT molecular complexity index is 793. The van der Waals surface area contributed by atoms with E-state index in [0.29, 0.717) is 39.5 Å². The molecule has 1 N–H and O–H groups in total. The van der Waals surface area contributed by atoms with Gasteiger partial charge < -0.3 is 14.8 Å². The number of fused-ring (bicyclic) bond motifs is 1. The summed E-state index contributed by atoms with van der Waals surface area (Å²) < 4.78 is 11.3. The average Bonchev–Trinajstić information content (AvgIpc) is 2.55. The van der Waals surface area contributed by atoms with Gasteiger partial charge in [0.25, 0.3) is 11.6 Å². The highest BCUT2D eigenvalue weighted by Gasteiger charge is 2.17. The van der Waals surface area contributed by atoms with E-state index < -0.39 is 4.92 Å². The topological polar surface area (TPSA) is 90.7 Å². The molecule has 0 spiro atoms. The van der Waals surface area contributed by atoms with Gasteiger partial charge in [0, 0.05) is 17.3 Å². The Balaban J connectivity index is 1.82. The van der Waals surface area contributed by atoms with Crippen molar-refractivity contribution >= 4 is 39.9 Å². The van der Waals surface area contributed by atoms with E-state index in [2.05, 4.69) is 5.32 Å². The van der Waals surface area contributed by atoms with Crippen molar-refractivity contribution < 1.29 is 19.2 Å². The summed E-state index contributed by atoms with van der Waals surface area (Å²) >= 11 is 1.88. The van der Waals surface area contributed by atoms with E-state index in [-0.39, 0.29) is 11.6 Å². The smallest absolute Gasteiger partial charge is 0.284 e. The number of nitrogens with one attached hydrogen (secondary N) is 1. The van der Waals surface area contributed by atoms with E-state index in [4.69, 9.17) is 9.47 Å². The second-order valence-corrected chi connectivity index (χ2v) is 5.90. The van der Waals surface area contributed by atoms with Crippen molar-refractivity contribution in [3.8, 4) is 11.5 Å². The normalized spacial score (nSPS) is 12.6. The maximum Gasteiger partial charge on any atom is 0.284 e. The highest BCUT2D eigenvalue weighted by molar-refractivity contribution is 14.1. The number of halogens is 1. The minimum Gasteiger partial charge on any atom is -0.486 e. The molecular weight excluding hydrogens is 415 g/mol. The lowest BCUT2D eigenvalue weighted by Gasteiger charge is -2.18. The van der Waals surface area contributed by atoms with Crippen LogP contribution in [0.4, 0.5) is 11.4 Å². The van der Waals surface area contributed by atoms with E-state index in [9.17, 15) is 14.9 Å². The van der Waals surface area contributed by atoms with Crippen molar-refractivity contribution in [2.24, 2.45) is 0 Å². The SMILES string of the molecule is O=C(Nc1ccc(I)c([N+](=O)[O-])c1)c1ccc2c(c1)OCCO2. The molecule has 118 valence electrons. The number of amides is 1. The van der Waals surface area contributed by atoms with Crippen LogP contribution in [0.2, 0.25) is 0 Å². The van der Waals surface area contributed by atoms with Crippen LogP contribution in [0.15, 0.2) is 36.4 Å². The first kappa shape index (κ1) is 15.5. The van der Waals surface area contributed by atoms with E-state index in [0.717, 1.165) is 0 Å². The molecule has 1 heterocycles. The minimum absolute atomic E-state index is 0.0504. The molecular formula is C15H11IN2O5. The molecule has 0 unspecified atom stereocenters. The molecule has 0 bridgehead atoms. The summed E-state index contributed by atoms with van der Waals surface area (Å²) in [5.41, 5.74) is 0.693. The first-order valence-corrected chi connectivity index (χ1v) is 7.77. The number of hydrogen-bond acceptors (Lipinski definition) is 5. The van der Waals surface area contributed by atoms with E-state index in [1.807, 2.05) is 22.6 Å². The molecule has 0 radical (unpaired) electrons. The van der Waals surface area contributed by atoms with Gasteiger partial charge in [0.15, 0.2) is 11.5 Å². The second kappa shape index (κ2) is 6.41. The standard InChI is InChI=1S/C15H11IN2O5/c16-11-3-2-10(8-12(11)18(20)21)17-15(19)9-1-4-13-14(7-9)23-6-5-22-13/h1-4,7-8H,5-6H2,(H,17,19). The summed E-state index contributed by atoms with van der Waals surface area (Å²) in [6.45, 7) is 0.909. The highest BCUT2D eigenvalue weighted by atomic mass is 127. The van der Waals surface area contributed by atoms with Gasteiger partial charge in [0.2, 0.25) is 0 Å². The van der Waals surface area contributed by atoms with Gasteiger partial charge in [-0.05, 0) is 52.9 Å². The summed E-state index contributed by atoms with van der Waals surface area (Å²) in [5, 5.41) is 13.6. The molecule has 8 heteroatoms. The second-order valence-electron chi connectivity index (χ2n) is 4.74. The van der Waals surface area contributed by atoms with Crippen LogP contribution in [0.3, 0.4) is 0 Å². The molecule has 3 rings (SSSR count). The maximum absolute atomic E-state index is 12.3. The van der Waals surface area contributed by atoms with Crippen molar-refractivity contribution in [2.45, 2.75) is 0 Å². The zero-order chi connectivity index (χ0) is 16.4. The number of carbonyl (C=O) groups excluding carboxylic acids is 1. The van der Waals surface area contributed by atoms with Crippen molar-refractivity contribution in [1.82, 2.24) is 0 Å². The summed E-state index contributed by atoms with van der Waals surface area (Å²) in [6, 6.07) is 9.40. The largest absolute Gasteiger partial charge is 0.486 e. The Hall–Kier alpha value is -2.36. The molecule has 7 nitrogen and oxygen atoms in total. The Morgan fingerprint density at radius 1 is 1.13 bits per heavy atom. The fraction of sp³-hybridized carbons (Fsp3) is 0.133. The number of rotatable bonds is 3. The molecule has 2 aromatic rings. The lowest BCUT2D eigenvalue weighted by atomic mass is 10.1. The van der Waals surface area contributed by atoms with Crippen LogP contribution in [0.5, 0.6) is 11.5 Å². The van der Waals surface area contributed by atoms with Gasteiger partial charge in [-0.25, -0.2) is 0 Å². The molecule has 0 saturated carbocycles. The molecule has 1 aliphatic rings. The molecule has 1 aliphatic heterocycles. The summed E-state index contributed by atoms with van der Waals surface area (Å²) in [6.07, 6.45) is 0. The Morgan fingerprint density at radius 2 is 1.87 bits per heavy atom. The van der Waals surface area contributed by atoms with Crippen LogP contribution >= 0.6 is 22.6 Å². The highest BCUT2D eigenvalue weighted by Crippen LogP contribution is 2.31. The van der Waals surface area contributed by atoms with Crippen molar-refractivity contribution in [3.05, 3.63) is 55.6 Å². The predicted molar refractivity (Wildman–Crippen MR) is 91.2 cm³/mol. The van der Waals surface area contributed by atoms with Gasteiger partial charge in [-0.3, -0.25) is 14.9 Å². The van der Waals surface area contributed by atoms with Crippen LogP contribution in [0.25, 0.3) is 0 Å². The third-order valence-electron chi connectivity index (χ3n) is 3.21. The zero-order valence-corrected chi connectivity index (χ0v) is 13.9. The third kappa shape index (κ3) is 3.36. The number of anilines is 1. The fourth-order valence-electron chi connectivity index (χ4n) is 2.12. The van der Waals surface area contributed by atoms with Crippen LogP contribution in [0, 0.1) is 13.7 Å². The van der Waals surface area contributed by atoms with Crippen molar-refractivity contribution in [2.75, 3.05) is 18.5 Å². The quantitative estimate of drug-likeness (QED) is 0.463. The van der Waals surface area contributed by atoms with Crippen molar-refractivity contribution in [3.63, 3.8) is 0 Å². The number of nitrogens with zero attached hydrogens (tertiary/aromatic N) is 1. The first-order valence-electron chi connectivity index (χ1n) is 6.69. The number of benzene rings is 2. The Kier molecular flexibility index (Phi) is 4.33. The Morgan fingerprint density at radius 3 is 2.61 bits per heavy atom. The minimum atomic E-state index is -0.485. The first-order chi connectivity index (χ1) is 11.0. The number of ether oxygens (including phenoxy) is 2. The van der Waals surface area contributed by atoms with Crippen LogP contribution in [-0.4, -0.2) is 24.0 Å². The summed E-state index contributed by atoms with van der Waals surface area (Å²) in [4.78, 5) is 22.7.